The fourth-order valence-corrected chi connectivity index (χ4v) is 3.77. The summed E-state index contributed by atoms with van der Waals surface area (Å²) in [6, 6.07) is 14.6. The third kappa shape index (κ3) is 7.79. The molecule has 39 heavy (non-hydrogen) atoms. The van der Waals surface area contributed by atoms with Gasteiger partial charge in [-0.05, 0) is 65.6 Å². The maximum atomic E-state index is 12.2. The van der Waals surface area contributed by atoms with Crippen LogP contribution in [0.3, 0.4) is 0 Å². The van der Waals surface area contributed by atoms with E-state index in [0.717, 1.165) is 5.56 Å². The molecule has 0 bridgehead atoms. The van der Waals surface area contributed by atoms with Gasteiger partial charge < -0.3 is 44.7 Å². The van der Waals surface area contributed by atoms with Crippen LogP contribution in [0.1, 0.15) is 22.8 Å². The molecule has 10 heteroatoms. The zero-order valence-electron chi connectivity index (χ0n) is 22.0. The number of hydrogen-bond acceptors (Lipinski definition) is 9. The molecule has 0 aliphatic heterocycles. The number of hydrogen-bond donors (Lipinski definition) is 5. The Labute approximate surface area is 226 Å². The van der Waals surface area contributed by atoms with Crippen LogP contribution < -0.4 is 24.3 Å². The molecule has 2 atom stereocenters. The Morgan fingerprint density at radius 3 is 2.13 bits per heavy atom. The van der Waals surface area contributed by atoms with Crippen molar-refractivity contribution in [2.75, 3.05) is 34.5 Å². The number of aromatic hydroxyl groups is 2. The second kappa shape index (κ2) is 13.9. The SMILES string of the molecule is COc1cc(/C=C/C(=O)NCCc2ccc(O)cc2)ccc1OC(CO)C(O)c1cc(OC)c(O)c(OC)c1. The minimum atomic E-state index is -1.30. The van der Waals surface area contributed by atoms with Crippen molar-refractivity contribution in [3.05, 3.63) is 77.4 Å². The fourth-order valence-electron chi connectivity index (χ4n) is 3.77. The Kier molecular flexibility index (Phi) is 10.4. The predicted octanol–water partition coefficient (Wildman–Crippen LogP) is 2.97. The molecule has 3 rings (SSSR count). The molecule has 2 unspecified atom stereocenters. The average Bonchev–Trinajstić information content (AvgIpc) is 2.95. The van der Waals surface area contributed by atoms with E-state index in [1.165, 1.54) is 39.5 Å². The molecule has 0 saturated heterocycles. The lowest BCUT2D eigenvalue weighted by atomic mass is 10.0. The zero-order valence-corrected chi connectivity index (χ0v) is 22.0. The Hall–Kier alpha value is -4.41. The van der Waals surface area contributed by atoms with Gasteiger partial charge >= 0.3 is 0 Å². The number of benzene rings is 3. The molecule has 1 amide bonds. The molecule has 3 aromatic rings. The van der Waals surface area contributed by atoms with Gasteiger partial charge in [-0.1, -0.05) is 18.2 Å². The third-order valence-electron chi connectivity index (χ3n) is 5.92. The summed E-state index contributed by atoms with van der Waals surface area (Å²) in [7, 11) is 4.19. The van der Waals surface area contributed by atoms with E-state index < -0.39 is 18.8 Å². The first-order valence-corrected chi connectivity index (χ1v) is 12.1. The lowest BCUT2D eigenvalue weighted by molar-refractivity contribution is -0.116. The highest BCUT2D eigenvalue weighted by Gasteiger charge is 2.26. The number of rotatable bonds is 13. The molecular formula is C29H33NO9. The number of phenols is 2. The summed E-state index contributed by atoms with van der Waals surface area (Å²) in [6.07, 6.45) is 1.26. The summed E-state index contributed by atoms with van der Waals surface area (Å²) in [5, 5.41) is 43.1. The molecule has 0 aliphatic rings. The molecule has 5 N–H and O–H groups in total. The summed E-state index contributed by atoms with van der Waals surface area (Å²) in [5.74, 6) is 0.501. The van der Waals surface area contributed by atoms with E-state index in [1.54, 1.807) is 48.5 Å². The molecule has 3 aromatic carbocycles. The van der Waals surface area contributed by atoms with Crippen LogP contribution in [0.5, 0.6) is 34.5 Å². The van der Waals surface area contributed by atoms with Gasteiger partial charge in [0.05, 0.1) is 27.9 Å². The minimum Gasteiger partial charge on any atom is -0.508 e. The number of nitrogens with one attached hydrogen (secondary N) is 1. The van der Waals surface area contributed by atoms with Crippen molar-refractivity contribution in [3.63, 3.8) is 0 Å². The number of carbonyl (C=O) groups excluding carboxylic acids is 1. The number of carbonyl (C=O) groups is 1. The molecule has 0 aliphatic carbocycles. The smallest absolute Gasteiger partial charge is 0.244 e. The zero-order chi connectivity index (χ0) is 28.4. The van der Waals surface area contributed by atoms with Crippen molar-refractivity contribution in [1.82, 2.24) is 5.32 Å². The largest absolute Gasteiger partial charge is 0.508 e. The van der Waals surface area contributed by atoms with E-state index in [9.17, 15) is 25.2 Å². The maximum Gasteiger partial charge on any atom is 0.244 e. The number of phenolic OH excluding ortho intramolecular Hbond substituents is 2. The van der Waals surface area contributed by atoms with E-state index in [2.05, 4.69) is 5.32 Å². The number of ether oxygens (including phenoxy) is 4. The van der Waals surface area contributed by atoms with Crippen LogP contribution in [-0.4, -0.2) is 66.9 Å². The van der Waals surface area contributed by atoms with Crippen LogP contribution in [-0.2, 0) is 11.2 Å². The normalized spacial score (nSPS) is 12.5. The first-order chi connectivity index (χ1) is 18.8. The number of methoxy groups -OCH3 is 3. The molecule has 0 saturated carbocycles. The van der Waals surface area contributed by atoms with Crippen molar-refractivity contribution in [2.45, 2.75) is 18.6 Å². The summed E-state index contributed by atoms with van der Waals surface area (Å²) < 4.78 is 21.6. The van der Waals surface area contributed by atoms with Crippen LogP contribution in [0.2, 0.25) is 0 Å². The highest BCUT2D eigenvalue weighted by molar-refractivity contribution is 5.91. The quantitative estimate of drug-likeness (QED) is 0.207. The van der Waals surface area contributed by atoms with Gasteiger partial charge in [-0.15, -0.1) is 0 Å². The second-order valence-electron chi connectivity index (χ2n) is 8.51. The van der Waals surface area contributed by atoms with Gasteiger partial charge in [-0.2, -0.15) is 0 Å². The first kappa shape index (κ1) is 29.2. The predicted molar refractivity (Wildman–Crippen MR) is 145 cm³/mol. The minimum absolute atomic E-state index is 0.0956. The molecule has 0 spiro atoms. The van der Waals surface area contributed by atoms with Gasteiger partial charge in [-0.3, -0.25) is 4.79 Å². The second-order valence-corrected chi connectivity index (χ2v) is 8.51. The van der Waals surface area contributed by atoms with Gasteiger partial charge in [0.2, 0.25) is 11.7 Å². The summed E-state index contributed by atoms with van der Waals surface area (Å²) in [5.41, 5.74) is 1.96. The molecular weight excluding hydrogens is 506 g/mol. The number of amides is 1. The highest BCUT2D eigenvalue weighted by Crippen LogP contribution is 2.40. The van der Waals surface area contributed by atoms with Crippen LogP contribution in [0, 0.1) is 0 Å². The third-order valence-corrected chi connectivity index (χ3v) is 5.92. The Balaban J connectivity index is 1.65. The van der Waals surface area contributed by atoms with Crippen LogP contribution >= 0.6 is 0 Å². The lowest BCUT2D eigenvalue weighted by Crippen LogP contribution is -2.29. The van der Waals surface area contributed by atoms with E-state index in [4.69, 9.17) is 18.9 Å². The van der Waals surface area contributed by atoms with Crippen LogP contribution in [0.25, 0.3) is 6.08 Å². The van der Waals surface area contributed by atoms with Gasteiger partial charge in [0, 0.05) is 12.6 Å². The Bertz CT molecular complexity index is 1250. The monoisotopic (exact) mass is 539 g/mol. The Morgan fingerprint density at radius 2 is 1.54 bits per heavy atom. The summed E-state index contributed by atoms with van der Waals surface area (Å²) in [6.45, 7) is -0.0878. The van der Waals surface area contributed by atoms with Crippen molar-refractivity contribution in [3.8, 4) is 34.5 Å². The van der Waals surface area contributed by atoms with Crippen molar-refractivity contribution < 1.29 is 44.2 Å². The van der Waals surface area contributed by atoms with Crippen LogP contribution in [0.4, 0.5) is 0 Å². The number of aliphatic hydroxyl groups excluding tert-OH is 2. The molecule has 0 fully saturated rings. The van der Waals surface area contributed by atoms with Gasteiger partial charge in [-0.25, -0.2) is 0 Å². The van der Waals surface area contributed by atoms with Gasteiger partial charge in [0.15, 0.2) is 29.1 Å². The fraction of sp³-hybridized carbons (Fsp3) is 0.276. The van der Waals surface area contributed by atoms with Crippen molar-refractivity contribution in [1.29, 1.82) is 0 Å². The molecule has 10 nitrogen and oxygen atoms in total. The van der Waals surface area contributed by atoms with E-state index >= 15 is 0 Å². The van der Waals surface area contributed by atoms with Gasteiger partial charge in [0.25, 0.3) is 0 Å². The van der Waals surface area contributed by atoms with E-state index in [0.29, 0.717) is 29.8 Å². The van der Waals surface area contributed by atoms with Gasteiger partial charge in [0.1, 0.15) is 11.9 Å². The van der Waals surface area contributed by atoms with Crippen molar-refractivity contribution in [2.24, 2.45) is 0 Å². The average molecular weight is 540 g/mol. The molecule has 0 aromatic heterocycles. The van der Waals surface area contributed by atoms with Crippen LogP contribution in [0.15, 0.2) is 60.7 Å². The maximum absolute atomic E-state index is 12.2. The van der Waals surface area contributed by atoms with Crippen molar-refractivity contribution >= 4 is 12.0 Å². The topological polar surface area (TPSA) is 147 Å². The summed E-state index contributed by atoms with van der Waals surface area (Å²) in [4.78, 5) is 12.2. The number of aliphatic hydroxyl groups is 2. The lowest BCUT2D eigenvalue weighted by Gasteiger charge is -2.24. The standard InChI is InChI=1S/C29H33NO9/c1-36-23-14-19(7-11-27(33)30-13-12-18-4-8-21(32)9-5-18)6-10-22(23)39-26(17-31)28(34)20-15-24(37-2)29(35)25(16-20)38-3/h4-11,14-16,26,28,31-32,34-35H,12-13,17H2,1-3H3,(H,30,33)/b11-7+. The Morgan fingerprint density at radius 1 is 0.897 bits per heavy atom. The van der Waals surface area contributed by atoms with E-state index in [1.807, 2.05) is 0 Å². The molecule has 0 heterocycles. The van der Waals surface area contributed by atoms with E-state index in [-0.39, 0.29) is 34.7 Å². The first-order valence-electron chi connectivity index (χ1n) is 12.1. The molecule has 0 radical (unpaired) electrons. The molecule has 208 valence electrons. The summed E-state index contributed by atoms with van der Waals surface area (Å²) >= 11 is 0. The highest BCUT2D eigenvalue weighted by atomic mass is 16.5.